The molecule has 2 aromatic heterocycles. The molecule has 14 heavy (non-hydrogen) atoms. The fourth-order valence-electron chi connectivity index (χ4n) is 1.38. The molecule has 74 valence electrons. The Hall–Kier alpha value is -1.29. The van der Waals surface area contributed by atoms with Crippen LogP contribution in [-0.2, 0) is 0 Å². The van der Waals surface area contributed by atoms with Gasteiger partial charge in [0.25, 0.3) is 0 Å². The summed E-state index contributed by atoms with van der Waals surface area (Å²) in [7, 11) is 0. The Balaban J connectivity index is 2.77. The standard InChI is InChI=1S/C9H11ClN4/c1-5(2)14-9-7(8(11)13-14)3-6(10)4-12-9/h3-5H,1-2H3,(H2,11,13). The van der Waals surface area contributed by atoms with Crippen LogP contribution < -0.4 is 5.73 Å². The summed E-state index contributed by atoms with van der Waals surface area (Å²) >= 11 is 5.82. The summed E-state index contributed by atoms with van der Waals surface area (Å²) in [6, 6.07) is 2.02. The second-order valence-electron chi connectivity index (χ2n) is 3.45. The predicted octanol–water partition coefficient (Wildman–Crippen LogP) is 2.25. The average Bonchev–Trinajstić information content (AvgIpc) is 2.44. The maximum atomic E-state index is 5.82. The molecule has 5 heteroatoms. The van der Waals surface area contributed by atoms with Gasteiger partial charge in [0.2, 0.25) is 0 Å². The number of hydrogen-bond acceptors (Lipinski definition) is 3. The number of aromatic nitrogens is 3. The van der Waals surface area contributed by atoms with Gasteiger partial charge in [-0.05, 0) is 19.9 Å². The number of nitrogens with two attached hydrogens (primary N) is 1. The quantitative estimate of drug-likeness (QED) is 0.786. The lowest BCUT2D eigenvalue weighted by molar-refractivity contribution is 0.548. The number of halogens is 1. The zero-order chi connectivity index (χ0) is 10.3. The van der Waals surface area contributed by atoms with E-state index in [1.54, 1.807) is 16.9 Å². The first-order chi connectivity index (χ1) is 6.59. The van der Waals surface area contributed by atoms with Gasteiger partial charge in [0.1, 0.15) is 0 Å². The third-order valence-corrected chi connectivity index (χ3v) is 2.24. The van der Waals surface area contributed by atoms with Crippen LogP contribution in [0.5, 0.6) is 0 Å². The van der Waals surface area contributed by atoms with Crippen molar-refractivity contribution in [1.29, 1.82) is 0 Å². The zero-order valence-electron chi connectivity index (χ0n) is 8.03. The van der Waals surface area contributed by atoms with Crippen LogP contribution in [0.3, 0.4) is 0 Å². The second kappa shape index (κ2) is 3.13. The number of rotatable bonds is 1. The van der Waals surface area contributed by atoms with Crippen molar-refractivity contribution in [1.82, 2.24) is 14.8 Å². The fraction of sp³-hybridized carbons (Fsp3) is 0.333. The average molecular weight is 211 g/mol. The number of pyridine rings is 1. The van der Waals surface area contributed by atoms with E-state index in [1.807, 2.05) is 13.8 Å². The molecule has 0 spiro atoms. The summed E-state index contributed by atoms with van der Waals surface area (Å²) in [5.41, 5.74) is 6.53. The molecule has 0 aliphatic heterocycles. The fourth-order valence-corrected chi connectivity index (χ4v) is 1.54. The Labute approximate surface area is 86.7 Å². The van der Waals surface area contributed by atoms with Crippen LogP contribution >= 0.6 is 11.6 Å². The summed E-state index contributed by atoms with van der Waals surface area (Å²) in [4.78, 5) is 4.21. The summed E-state index contributed by atoms with van der Waals surface area (Å²) in [6.45, 7) is 4.06. The van der Waals surface area contributed by atoms with E-state index in [-0.39, 0.29) is 6.04 Å². The molecule has 0 atom stereocenters. The van der Waals surface area contributed by atoms with Gasteiger partial charge in [-0.15, -0.1) is 0 Å². The van der Waals surface area contributed by atoms with Crippen molar-refractivity contribution >= 4 is 28.5 Å². The van der Waals surface area contributed by atoms with E-state index < -0.39 is 0 Å². The minimum atomic E-state index is 0.239. The molecule has 0 amide bonds. The Kier molecular flexibility index (Phi) is 2.07. The smallest absolute Gasteiger partial charge is 0.160 e. The van der Waals surface area contributed by atoms with Gasteiger partial charge in [0.15, 0.2) is 11.5 Å². The number of nitrogens with zero attached hydrogens (tertiary/aromatic N) is 3. The highest BCUT2D eigenvalue weighted by Crippen LogP contribution is 2.23. The van der Waals surface area contributed by atoms with Crippen molar-refractivity contribution < 1.29 is 0 Å². The molecule has 0 bridgehead atoms. The molecule has 0 aromatic carbocycles. The van der Waals surface area contributed by atoms with E-state index in [0.717, 1.165) is 11.0 Å². The number of fused-ring (bicyclic) bond motifs is 1. The van der Waals surface area contributed by atoms with Crippen LogP contribution in [0.2, 0.25) is 5.02 Å². The molecule has 2 N–H and O–H groups in total. The van der Waals surface area contributed by atoms with Crippen molar-refractivity contribution in [3.05, 3.63) is 17.3 Å². The number of hydrogen-bond donors (Lipinski definition) is 1. The molecule has 0 saturated heterocycles. The SMILES string of the molecule is CC(C)n1nc(N)c2cc(Cl)cnc21. The Morgan fingerprint density at radius 2 is 2.21 bits per heavy atom. The molecule has 2 aromatic rings. The summed E-state index contributed by atoms with van der Waals surface area (Å²) in [5.74, 6) is 0.476. The van der Waals surface area contributed by atoms with Gasteiger partial charge in [-0.3, -0.25) is 0 Å². The molecule has 0 aliphatic carbocycles. The Bertz CT molecular complexity index is 475. The minimum absolute atomic E-state index is 0.239. The van der Waals surface area contributed by atoms with Crippen LogP contribution in [0.25, 0.3) is 11.0 Å². The van der Waals surface area contributed by atoms with Crippen LogP contribution in [0.15, 0.2) is 12.3 Å². The highest BCUT2D eigenvalue weighted by atomic mass is 35.5. The maximum Gasteiger partial charge on any atom is 0.160 e. The van der Waals surface area contributed by atoms with Gasteiger partial charge < -0.3 is 5.73 Å². The summed E-state index contributed by atoms with van der Waals surface area (Å²) in [5, 5.41) is 5.59. The van der Waals surface area contributed by atoms with E-state index in [0.29, 0.717) is 10.8 Å². The van der Waals surface area contributed by atoms with Crippen molar-refractivity contribution in [2.45, 2.75) is 19.9 Å². The molecule has 0 saturated carbocycles. The topological polar surface area (TPSA) is 56.7 Å². The van der Waals surface area contributed by atoms with E-state index in [2.05, 4.69) is 10.1 Å². The highest BCUT2D eigenvalue weighted by molar-refractivity contribution is 6.31. The van der Waals surface area contributed by atoms with Gasteiger partial charge in [0, 0.05) is 12.2 Å². The van der Waals surface area contributed by atoms with E-state index in [1.165, 1.54) is 0 Å². The zero-order valence-corrected chi connectivity index (χ0v) is 8.78. The molecule has 0 unspecified atom stereocenters. The predicted molar refractivity (Wildman–Crippen MR) is 57.3 cm³/mol. The van der Waals surface area contributed by atoms with Crippen molar-refractivity contribution in [3.8, 4) is 0 Å². The molecule has 0 radical (unpaired) electrons. The van der Waals surface area contributed by atoms with Crippen LogP contribution in [0.4, 0.5) is 5.82 Å². The summed E-state index contributed by atoms with van der Waals surface area (Å²) < 4.78 is 1.79. The largest absolute Gasteiger partial charge is 0.382 e. The third kappa shape index (κ3) is 1.32. The van der Waals surface area contributed by atoms with E-state index in [9.17, 15) is 0 Å². The van der Waals surface area contributed by atoms with Crippen molar-refractivity contribution in [2.75, 3.05) is 5.73 Å². The first-order valence-corrected chi connectivity index (χ1v) is 4.76. The molecule has 0 aliphatic rings. The van der Waals surface area contributed by atoms with Gasteiger partial charge >= 0.3 is 0 Å². The lowest BCUT2D eigenvalue weighted by Crippen LogP contribution is -2.03. The number of nitrogen functional groups attached to an aromatic ring is 1. The molecule has 2 rings (SSSR count). The van der Waals surface area contributed by atoms with E-state index in [4.69, 9.17) is 17.3 Å². The third-order valence-electron chi connectivity index (χ3n) is 2.03. The van der Waals surface area contributed by atoms with Gasteiger partial charge in [-0.2, -0.15) is 5.10 Å². The molecule has 2 heterocycles. The highest BCUT2D eigenvalue weighted by Gasteiger charge is 2.11. The monoisotopic (exact) mass is 210 g/mol. The molecular formula is C9H11ClN4. The first kappa shape index (κ1) is 9.27. The molecule has 0 fully saturated rings. The van der Waals surface area contributed by atoms with Crippen LogP contribution in [0.1, 0.15) is 19.9 Å². The Morgan fingerprint density at radius 1 is 1.50 bits per heavy atom. The molecule has 4 nitrogen and oxygen atoms in total. The Morgan fingerprint density at radius 3 is 2.86 bits per heavy atom. The number of anilines is 1. The van der Waals surface area contributed by atoms with Gasteiger partial charge in [-0.1, -0.05) is 11.6 Å². The minimum Gasteiger partial charge on any atom is -0.382 e. The lowest BCUT2D eigenvalue weighted by Gasteiger charge is -2.04. The normalized spacial score (nSPS) is 11.4. The van der Waals surface area contributed by atoms with E-state index >= 15 is 0 Å². The molecular weight excluding hydrogens is 200 g/mol. The summed E-state index contributed by atoms with van der Waals surface area (Å²) in [6.07, 6.45) is 1.60. The second-order valence-corrected chi connectivity index (χ2v) is 3.88. The maximum absolute atomic E-state index is 5.82. The lowest BCUT2D eigenvalue weighted by atomic mass is 10.3. The van der Waals surface area contributed by atoms with Crippen LogP contribution in [-0.4, -0.2) is 14.8 Å². The van der Waals surface area contributed by atoms with Crippen molar-refractivity contribution in [3.63, 3.8) is 0 Å². The van der Waals surface area contributed by atoms with Crippen molar-refractivity contribution in [2.24, 2.45) is 0 Å². The van der Waals surface area contributed by atoms with Gasteiger partial charge in [0.05, 0.1) is 10.4 Å². The first-order valence-electron chi connectivity index (χ1n) is 4.39. The van der Waals surface area contributed by atoms with Crippen LogP contribution in [0, 0.1) is 0 Å². The van der Waals surface area contributed by atoms with Gasteiger partial charge in [-0.25, -0.2) is 9.67 Å².